The van der Waals surface area contributed by atoms with E-state index in [1.54, 1.807) is 47.4 Å². The summed E-state index contributed by atoms with van der Waals surface area (Å²) in [6.07, 6.45) is 1.14. The van der Waals surface area contributed by atoms with Gasteiger partial charge < -0.3 is 20.3 Å². The lowest BCUT2D eigenvalue weighted by Crippen LogP contribution is -2.32. The van der Waals surface area contributed by atoms with Gasteiger partial charge in [0.05, 0.1) is 5.92 Å². The van der Waals surface area contributed by atoms with E-state index in [0.717, 1.165) is 17.5 Å². The number of rotatable bonds is 9. The lowest BCUT2D eigenvalue weighted by Gasteiger charge is -2.17. The molecule has 1 saturated heterocycles. The SMILES string of the molecule is CCc1ccc(CNC(=O)[C@@H]2CC(=O)N(c3ccc(OCC(=O)Nc4cccc(Cl)c4C)cc3)C2)cc1. The molecule has 0 saturated carbocycles. The molecule has 192 valence electrons. The summed E-state index contributed by atoms with van der Waals surface area (Å²) in [5.74, 6) is -0.443. The average Bonchev–Trinajstić information content (AvgIpc) is 3.31. The third-order valence-electron chi connectivity index (χ3n) is 6.45. The number of nitrogens with one attached hydrogen (secondary N) is 2. The Morgan fingerprint density at radius 2 is 1.73 bits per heavy atom. The molecule has 0 spiro atoms. The van der Waals surface area contributed by atoms with Crippen LogP contribution in [0.2, 0.25) is 5.02 Å². The second-order valence-electron chi connectivity index (χ2n) is 9.04. The standard InChI is InChI=1S/C29H30ClN3O4/c1-3-20-7-9-21(10-8-20)16-31-29(36)22-15-28(35)33(17-22)23-11-13-24(14-12-23)37-18-27(34)32-26-6-4-5-25(30)19(26)2/h4-14,22H,3,15-18H2,1-2H3,(H,31,36)(H,32,34)/t22-/m1/s1. The number of amides is 3. The second kappa shape index (κ2) is 11.9. The predicted molar refractivity (Wildman–Crippen MR) is 145 cm³/mol. The van der Waals surface area contributed by atoms with Crippen molar-refractivity contribution in [2.45, 2.75) is 33.2 Å². The second-order valence-corrected chi connectivity index (χ2v) is 9.44. The fourth-order valence-corrected chi connectivity index (χ4v) is 4.33. The van der Waals surface area contributed by atoms with Crippen LogP contribution in [-0.2, 0) is 27.3 Å². The van der Waals surface area contributed by atoms with Crippen LogP contribution >= 0.6 is 11.6 Å². The summed E-state index contributed by atoms with van der Waals surface area (Å²) in [5, 5.41) is 6.31. The first-order chi connectivity index (χ1) is 17.8. The van der Waals surface area contributed by atoms with Gasteiger partial charge in [0, 0.05) is 35.9 Å². The highest BCUT2D eigenvalue weighted by Crippen LogP contribution is 2.27. The fraction of sp³-hybridized carbons (Fsp3) is 0.276. The summed E-state index contributed by atoms with van der Waals surface area (Å²) < 4.78 is 5.59. The Labute approximate surface area is 221 Å². The average molecular weight is 520 g/mol. The van der Waals surface area contributed by atoms with Gasteiger partial charge in [0.2, 0.25) is 11.8 Å². The van der Waals surface area contributed by atoms with Crippen LogP contribution in [0.3, 0.4) is 0 Å². The van der Waals surface area contributed by atoms with Crippen LogP contribution in [0.25, 0.3) is 0 Å². The number of hydrogen-bond donors (Lipinski definition) is 2. The molecule has 0 bridgehead atoms. The summed E-state index contributed by atoms with van der Waals surface area (Å²) in [6, 6.07) is 20.3. The topological polar surface area (TPSA) is 87.7 Å². The smallest absolute Gasteiger partial charge is 0.262 e. The summed E-state index contributed by atoms with van der Waals surface area (Å²) in [7, 11) is 0. The first-order valence-corrected chi connectivity index (χ1v) is 12.7. The molecule has 3 aromatic carbocycles. The van der Waals surface area contributed by atoms with Crippen molar-refractivity contribution < 1.29 is 19.1 Å². The Morgan fingerprint density at radius 1 is 1.03 bits per heavy atom. The van der Waals surface area contributed by atoms with E-state index >= 15 is 0 Å². The molecule has 3 amide bonds. The van der Waals surface area contributed by atoms with Gasteiger partial charge in [-0.15, -0.1) is 0 Å². The van der Waals surface area contributed by atoms with Gasteiger partial charge in [-0.3, -0.25) is 14.4 Å². The van der Waals surface area contributed by atoms with Gasteiger partial charge in [-0.2, -0.15) is 0 Å². The van der Waals surface area contributed by atoms with Gasteiger partial charge in [0.25, 0.3) is 5.91 Å². The molecule has 1 heterocycles. The van der Waals surface area contributed by atoms with E-state index in [-0.39, 0.29) is 30.7 Å². The molecule has 0 radical (unpaired) electrons. The third-order valence-corrected chi connectivity index (χ3v) is 6.86. The molecule has 2 N–H and O–H groups in total. The molecule has 4 rings (SSSR count). The first kappa shape index (κ1) is 26.2. The van der Waals surface area contributed by atoms with Crippen molar-refractivity contribution in [1.29, 1.82) is 0 Å². The van der Waals surface area contributed by atoms with E-state index in [0.29, 0.717) is 35.2 Å². The van der Waals surface area contributed by atoms with E-state index < -0.39 is 5.92 Å². The summed E-state index contributed by atoms with van der Waals surface area (Å²) >= 11 is 6.09. The maximum atomic E-state index is 12.7. The Hall–Kier alpha value is -3.84. The molecule has 1 atom stereocenters. The summed E-state index contributed by atoms with van der Waals surface area (Å²) in [6.45, 7) is 4.52. The van der Waals surface area contributed by atoms with Gasteiger partial charge >= 0.3 is 0 Å². The van der Waals surface area contributed by atoms with Crippen molar-refractivity contribution in [3.8, 4) is 5.75 Å². The van der Waals surface area contributed by atoms with Crippen LogP contribution in [0.5, 0.6) is 5.75 Å². The summed E-state index contributed by atoms with van der Waals surface area (Å²) in [4.78, 5) is 39.2. The molecule has 37 heavy (non-hydrogen) atoms. The summed E-state index contributed by atoms with van der Waals surface area (Å²) in [5.41, 5.74) is 4.38. The molecule has 3 aromatic rings. The van der Waals surface area contributed by atoms with Gasteiger partial charge in [0.1, 0.15) is 5.75 Å². The zero-order valence-electron chi connectivity index (χ0n) is 20.9. The fourth-order valence-electron chi connectivity index (χ4n) is 4.16. The number of carbonyl (C=O) groups excluding carboxylic acids is 3. The number of carbonyl (C=O) groups is 3. The maximum Gasteiger partial charge on any atom is 0.262 e. The van der Waals surface area contributed by atoms with Crippen molar-refractivity contribution in [1.82, 2.24) is 5.32 Å². The van der Waals surface area contributed by atoms with Crippen molar-refractivity contribution in [3.05, 3.63) is 88.4 Å². The van der Waals surface area contributed by atoms with Crippen molar-refractivity contribution in [2.75, 3.05) is 23.4 Å². The normalized spacial score (nSPS) is 14.9. The van der Waals surface area contributed by atoms with Crippen LogP contribution in [0, 0.1) is 12.8 Å². The number of halogens is 1. The molecule has 0 aromatic heterocycles. The molecule has 8 heteroatoms. The Morgan fingerprint density at radius 3 is 2.43 bits per heavy atom. The Bertz CT molecular complexity index is 1280. The van der Waals surface area contributed by atoms with Gasteiger partial charge in [-0.25, -0.2) is 0 Å². The first-order valence-electron chi connectivity index (χ1n) is 12.3. The maximum absolute atomic E-state index is 12.7. The van der Waals surface area contributed by atoms with Gasteiger partial charge in [-0.1, -0.05) is 48.9 Å². The van der Waals surface area contributed by atoms with Crippen molar-refractivity contribution in [2.24, 2.45) is 5.92 Å². The quantitative estimate of drug-likeness (QED) is 0.421. The molecule has 1 aliphatic rings. The minimum absolute atomic E-state index is 0.0996. The number of ether oxygens (including phenoxy) is 1. The number of benzene rings is 3. The zero-order chi connectivity index (χ0) is 26.4. The molecule has 7 nitrogen and oxygen atoms in total. The van der Waals surface area contributed by atoms with E-state index in [9.17, 15) is 14.4 Å². The van der Waals surface area contributed by atoms with Gasteiger partial charge in [0.15, 0.2) is 6.61 Å². The highest BCUT2D eigenvalue weighted by Gasteiger charge is 2.35. The third kappa shape index (κ3) is 6.68. The highest BCUT2D eigenvalue weighted by molar-refractivity contribution is 6.31. The van der Waals surface area contributed by atoms with E-state index in [2.05, 4.69) is 29.7 Å². The number of nitrogens with zero attached hydrogens (tertiary/aromatic N) is 1. The lowest BCUT2D eigenvalue weighted by molar-refractivity contribution is -0.126. The number of hydrogen-bond acceptors (Lipinski definition) is 4. The number of anilines is 2. The molecule has 0 unspecified atom stereocenters. The van der Waals surface area contributed by atoms with Crippen molar-refractivity contribution >= 4 is 40.7 Å². The molecule has 1 aliphatic heterocycles. The van der Waals surface area contributed by atoms with E-state index in [4.69, 9.17) is 16.3 Å². The molecule has 1 fully saturated rings. The van der Waals surface area contributed by atoms with E-state index in [1.165, 1.54) is 5.56 Å². The van der Waals surface area contributed by atoms with Crippen LogP contribution in [-0.4, -0.2) is 30.9 Å². The minimum atomic E-state index is -0.406. The molecule has 0 aliphatic carbocycles. The van der Waals surface area contributed by atoms with Crippen LogP contribution < -0.4 is 20.3 Å². The minimum Gasteiger partial charge on any atom is -0.484 e. The van der Waals surface area contributed by atoms with Crippen LogP contribution in [0.15, 0.2) is 66.7 Å². The van der Waals surface area contributed by atoms with Gasteiger partial charge in [-0.05, 0) is 66.4 Å². The predicted octanol–water partition coefficient (Wildman–Crippen LogP) is 4.90. The number of aryl methyl sites for hydroxylation is 1. The van der Waals surface area contributed by atoms with Crippen LogP contribution in [0.4, 0.5) is 11.4 Å². The highest BCUT2D eigenvalue weighted by atomic mass is 35.5. The largest absolute Gasteiger partial charge is 0.484 e. The lowest BCUT2D eigenvalue weighted by atomic mass is 10.1. The van der Waals surface area contributed by atoms with E-state index in [1.807, 2.05) is 19.1 Å². The monoisotopic (exact) mass is 519 g/mol. The zero-order valence-corrected chi connectivity index (χ0v) is 21.7. The van der Waals surface area contributed by atoms with Crippen molar-refractivity contribution in [3.63, 3.8) is 0 Å². The molecular formula is C29H30ClN3O4. The Balaban J connectivity index is 1.26. The molecular weight excluding hydrogens is 490 g/mol. The van der Waals surface area contributed by atoms with Crippen LogP contribution in [0.1, 0.15) is 30.0 Å². The Kier molecular flexibility index (Phi) is 8.46.